The topological polar surface area (TPSA) is 36.2 Å². The first-order valence-electron chi connectivity index (χ1n) is 3.49. The third-order valence-corrected chi connectivity index (χ3v) is 1.47. The molecule has 0 saturated heterocycles. The van der Waals surface area contributed by atoms with E-state index in [1.165, 1.54) is 12.4 Å². The van der Waals surface area contributed by atoms with Crippen LogP contribution >= 0.6 is 0 Å². The lowest BCUT2D eigenvalue weighted by molar-refractivity contribution is -0.605. The van der Waals surface area contributed by atoms with Crippen LogP contribution in [0.3, 0.4) is 0 Å². The van der Waals surface area contributed by atoms with Crippen molar-refractivity contribution in [1.29, 1.82) is 0 Å². The van der Waals surface area contributed by atoms with Gasteiger partial charge >= 0.3 is 0 Å². The van der Waals surface area contributed by atoms with Crippen molar-refractivity contribution in [1.82, 2.24) is 0 Å². The van der Waals surface area contributed by atoms with Gasteiger partial charge in [0.15, 0.2) is 12.4 Å². The Morgan fingerprint density at radius 2 is 2.09 bits per heavy atom. The molecule has 0 N–H and O–H groups in total. The second-order valence-corrected chi connectivity index (χ2v) is 2.31. The van der Waals surface area contributed by atoms with Gasteiger partial charge in [-0.1, -0.05) is 0 Å². The van der Waals surface area contributed by atoms with Crippen LogP contribution in [-0.2, 0) is 11.2 Å². The zero-order chi connectivity index (χ0) is 8.10. The van der Waals surface area contributed by atoms with Crippen molar-refractivity contribution in [2.45, 2.75) is 6.42 Å². The zero-order valence-corrected chi connectivity index (χ0v) is 6.49. The molecule has 0 aliphatic carbocycles. The quantitative estimate of drug-likeness (QED) is 0.468. The van der Waals surface area contributed by atoms with E-state index >= 15 is 0 Å². The Kier molecular flexibility index (Phi) is 2.86. The molecule has 0 aliphatic rings. The molecule has 1 aromatic rings. The number of rotatable bonds is 3. The number of nitrogens with zero attached hydrogens (tertiary/aromatic N) is 1. The summed E-state index contributed by atoms with van der Waals surface area (Å²) in [5.74, 6) is 0. The molecule has 1 heterocycles. The summed E-state index contributed by atoms with van der Waals surface area (Å²) in [6, 6.07) is 3.60. The van der Waals surface area contributed by atoms with Gasteiger partial charge in [-0.15, -0.1) is 0 Å². The van der Waals surface area contributed by atoms with E-state index in [4.69, 9.17) is 4.74 Å². The first kappa shape index (κ1) is 8.01. The van der Waals surface area contributed by atoms with Gasteiger partial charge in [-0.2, -0.15) is 4.73 Å². The molecule has 0 spiro atoms. The van der Waals surface area contributed by atoms with Crippen molar-refractivity contribution in [3.8, 4) is 0 Å². The molecule has 0 amide bonds. The molecule has 3 nitrogen and oxygen atoms in total. The van der Waals surface area contributed by atoms with Crippen molar-refractivity contribution in [3.05, 3.63) is 35.3 Å². The summed E-state index contributed by atoms with van der Waals surface area (Å²) in [6.07, 6.45) is 3.84. The van der Waals surface area contributed by atoms with Crippen LogP contribution in [0.4, 0.5) is 0 Å². The number of ether oxygens (including phenoxy) is 1. The minimum atomic E-state index is 0.697. The van der Waals surface area contributed by atoms with Crippen molar-refractivity contribution < 1.29 is 9.47 Å². The van der Waals surface area contributed by atoms with E-state index in [-0.39, 0.29) is 0 Å². The lowest BCUT2D eigenvalue weighted by Crippen LogP contribution is -2.23. The van der Waals surface area contributed by atoms with Crippen molar-refractivity contribution in [3.63, 3.8) is 0 Å². The molecule has 3 heteroatoms. The van der Waals surface area contributed by atoms with Crippen molar-refractivity contribution >= 4 is 0 Å². The Balaban J connectivity index is 2.52. The monoisotopic (exact) mass is 153 g/mol. The molecule has 60 valence electrons. The van der Waals surface area contributed by atoms with Crippen LogP contribution in [0.25, 0.3) is 0 Å². The summed E-state index contributed by atoms with van der Waals surface area (Å²) in [6.45, 7) is 0.697. The van der Waals surface area contributed by atoms with E-state index in [9.17, 15) is 5.21 Å². The standard InChI is InChI=1S/C8H11NO2/c1-11-7-4-8-2-5-9(10)6-3-8/h2-3,5-6H,4,7H2,1H3. The van der Waals surface area contributed by atoms with Crippen molar-refractivity contribution in [2.75, 3.05) is 13.7 Å². The molecule has 0 aliphatic heterocycles. The van der Waals surface area contributed by atoms with E-state index in [0.29, 0.717) is 6.61 Å². The smallest absolute Gasteiger partial charge is 0.180 e. The fraction of sp³-hybridized carbons (Fsp3) is 0.375. The average Bonchev–Trinajstić information content (AvgIpc) is 2.04. The van der Waals surface area contributed by atoms with Crippen LogP contribution in [0, 0.1) is 5.21 Å². The van der Waals surface area contributed by atoms with Gasteiger partial charge in [0.2, 0.25) is 0 Å². The number of methoxy groups -OCH3 is 1. The predicted molar refractivity (Wildman–Crippen MR) is 41.0 cm³/mol. The lowest BCUT2D eigenvalue weighted by atomic mass is 10.2. The van der Waals surface area contributed by atoms with Gasteiger partial charge < -0.3 is 9.94 Å². The molecule has 0 fully saturated rings. The minimum Gasteiger partial charge on any atom is -0.619 e. The molecule has 0 bridgehead atoms. The third kappa shape index (κ3) is 2.55. The SMILES string of the molecule is COCCc1cc[n+]([O-])cc1. The summed E-state index contributed by atoms with van der Waals surface area (Å²) in [4.78, 5) is 0. The Labute approximate surface area is 65.8 Å². The summed E-state index contributed by atoms with van der Waals surface area (Å²) in [7, 11) is 1.66. The Morgan fingerprint density at radius 1 is 1.45 bits per heavy atom. The molecule has 1 aromatic heterocycles. The number of hydrogen-bond acceptors (Lipinski definition) is 2. The van der Waals surface area contributed by atoms with Crippen LogP contribution in [-0.4, -0.2) is 13.7 Å². The second kappa shape index (κ2) is 3.93. The highest BCUT2D eigenvalue weighted by molar-refractivity contribution is 5.07. The average molecular weight is 153 g/mol. The summed E-state index contributed by atoms with van der Waals surface area (Å²) >= 11 is 0. The fourth-order valence-corrected chi connectivity index (χ4v) is 0.830. The predicted octanol–water partition coefficient (Wildman–Crippen LogP) is 0.509. The molecular formula is C8H11NO2. The maximum atomic E-state index is 10.6. The summed E-state index contributed by atoms with van der Waals surface area (Å²) < 4.78 is 5.67. The lowest BCUT2D eigenvalue weighted by Gasteiger charge is -1.99. The highest BCUT2D eigenvalue weighted by Crippen LogP contribution is 1.95. The second-order valence-electron chi connectivity index (χ2n) is 2.31. The first-order valence-corrected chi connectivity index (χ1v) is 3.49. The normalized spacial score (nSPS) is 9.91. The maximum Gasteiger partial charge on any atom is 0.180 e. The van der Waals surface area contributed by atoms with E-state index in [1.54, 1.807) is 19.2 Å². The van der Waals surface area contributed by atoms with Gasteiger partial charge in [0.1, 0.15) is 0 Å². The molecular weight excluding hydrogens is 142 g/mol. The van der Waals surface area contributed by atoms with Crippen molar-refractivity contribution in [2.24, 2.45) is 0 Å². The van der Waals surface area contributed by atoms with Crippen LogP contribution < -0.4 is 4.73 Å². The van der Waals surface area contributed by atoms with Gasteiger partial charge in [-0.3, -0.25) is 0 Å². The molecule has 0 atom stereocenters. The van der Waals surface area contributed by atoms with Gasteiger partial charge in [0, 0.05) is 19.2 Å². The van der Waals surface area contributed by atoms with Gasteiger partial charge in [0.25, 0.3) is 0 Å². The minimum absolute atomic E-state index is 0.697. The van der Waals surface area contributed by atoms with Gasteiger partial charge in [-0.05, 0) is 12.0 Å². The molecule has 11 heavy (non-hydrogen) atoms. The van der Waals surface area contributed by atoms with E-state index in [2.05, 4.69) is 0 Å². The molecule has 0 aromatic carbocycles. The maximum absolute atomic E-state index is 10.6. The first-order chi connectivity index (χ1) is 5.33. The Hall–Kier alpha value is -1.09. The van der Waals surface area contributed by atoms with Crippen LogP contribution in [0.5, 0.6) is 0 Å². The van der Waals surface area contributed by atoms with Crippen LogP contribution in [0.2, 0.25) is 0 Å². The number of aromatic nitrogens is 1. The Bertz CT molecular complexity index is 208. The molecule has 0 radical (unpaired) electrons. The zero-order valence-electron chi connectivity index (χ0n) is 6.49. The highest BCUT2D eigenvalue weighted by Gasteiger charge is 1.93. The van der Waals surface area contributed by atoms with E-state index in [1.807, 2.05) is 0 Å². The third-order valence-electron chi connectivity index (χ3n) is 1.47. The molecule has 0 unspecified atom stereocenters. The van der Waals surface area contributed by atoms with Crippen LogP contribution in [0.15, 0.2) is 24.5 Å². The van der Waals surface area contributed by atoms with E-state index < -0.39 is 0 Å². The molecule has 1 rings (SSSR count). The number of hydrogen-bond donors (Lipinski definition) is 0. The Morgan fingerprint density at radius 3 is 2.64 bits per heavy atom. The largest absolute Gasteiger partial charge is 0.619 e. The van der Waals surface area contributed by atoms with Gasteiger partial charge in [-0.25, -0.2) is 0 Å². The number of pyridine rings is 1. The van der Waals surface area contributed by atoms with E-state index in [0.717, 1.165) is 16.7 Å². The van der Waals surface area contributed by atoms with Gasteiger partial charge in [0.05, 0.1) is 6.61 Å². The summed E-state index contributed by atoms with van der Waals surface area (Å²) in [5.41, 5.74) is 1.12. The highest BCUT2D eigenvalue weighted by atomic mass is 16.5. The summed E-state index contributed by atoms with van der Waals surface area (Å²) in [5, 5.41) is 10.6. The molecule has 0 saturated carbocycles. The van der Waals surface area contributed by atoms with Crippen LogP contribution in [0.1, 0.15) is 5.56 Å². The fourth-order valence-electron chi connectivity index (χ4n) is 0.830.